The molecule has 15 heteroatoms. The first-order valence-corrected chi connectivity index (χ1v) is 10.6. The van der Waals surface area contributed by atoms with E-state index >= 15 is 0 Å². The number of halogens is 12. The molecule has 0 aromatic heterocycles. The Morgan fingerprint density at radius 3 is 0.917 bits per heavy atom. The third kappa shape index (κ3) is 2.78. The summed E-state index contributed by atoms with van der Waals surface area (Å²) in [5.74, 6) is 0. The summed E-state index contributed by atoms with van der Waals surface area (Å²) in [5, 5.41) is 0. The Morgan fingerprint density at radius 1 is 0.583 bits per heavy atom. The van der Waals surface area contributed by atoms with Gasteiger partial charge in [-0.15, -0.1) is 0 Å². The Kier molecular flexibility index (Phi) is 5.25. The van der Waals surface area contributed by atoms with Crippen LogP contribution >= 0.6 is 0 Å². The van der Waals surface area contributed by atoms with Gasteiger partial charge in [-0.25, -0.2) is 0 Å². The summed E-state index contributed by atoms with van der Waals surface area (Å²) in [6.45, 7) is 1.64. The van der Waals surface area contributed by atoms with Gasteiger partial charge in [0.05, 0.1) is 0 Å². The average molecular weight is 584 g/mol. The molecule has 0 spiro atoms. The van der Waals surface area contributed by atoms with E-state index in [4.69, 9.17) is 0 Å². The van der Waals surface area contributed by atoms with Crippen molar-refractivity contribution in [3.05, 3.63) is 0 Å². The maximum atomic E-state index is 13.0. The van der Waals surface area contributed by atoms with Crippen molar-refractivity contribution < 1.29 is 58.3 Å². The first-order valence-electron chi connectivity index (χ1n) is 5.70. The van der Waals surface area contributed by atoms with E-state index in [0.29, 0.717) is 0 Å². The predicted molar refractivity (Wildman–Crippen MR) is 52.7 cm³/mol. The molecular weight excluding hydrogens is 577 g/mol. The summed E-state index contributed by atoms with van der Waals surface area (Å²) in [7, 11) is 0. The Labute approximate surface area is 135 Å². The molecule has 1 saturated heterocycles. The third-order valence-electron chi connectivity index (χ3n) is 2.97. The second kappa shape index (κ2) is 5.73. The van der Waals surface area contributed by atoms with Crippen molar-refractivity contribution in [3.8, 4) is 0 Å². The van der Waals surface area contributed by atoms with Crippen LogP contribution < -0.4 is 0 Å². The average Bonchev–Trinajstić information content (AvgIpc) is 2.63. The third-order valence-corrected chi connectivity index (χ3v) is 9.77. The van der Waals surface area contributed by atoms with Crippen LogP contribution in [0.5, 0.6) is 0 Å². The van der Waals surface area contributed by atoms with Crippen LogP contribution in [0.2, 0.25) is 3.63 Å². The van der Waals surface area contributed by atoms with Gasteiger partial charge < -0.3 is 0 Å². The van der Waals surface area contributed by atoms with Gasteiger partial charge in [0, 0.05) is 0 Å². The molecular formula is C9H7BiF12O2. The molecule has 0 aromatic carbocycles. The van der Waals surface area contributed by atoms with Crippen molar-refractivity contribution >= 4 is 22.6 Å². The Morgan fingerprint density at radius 2 is 0.792 bits per heavy atom. The molecule has 0 atom stereocenters. The van der Waals surface area contributed by atoms with E-state index in [0.717, 1.165) is 13.8 Å². The number of alkyl halides is 12. The maximum absolute atomic E-state index is 13.0. The quantitative estimate of drug-likeness (QED) is 0.330. The summed E-state index contributed by atoms with van der Waals surface area (Å²) < 4.78 is 162. The molecule has 2 nitrogen and oxygen atoms in total. The van der Waals surface area contributed by atoms with E-state index < -0.39 is 62.2 Å². The first kappa shape index (κ1) is 22.0. The van der Waals surface area contributed by atoms with Gasteiger partial charge in [-0.1, -0.05) is 0 Å². The molecule has 1 heterocycles. The fourth-order valence-electron chi connectivity index (χ4n) is 1.95. The van der Waals surface area contributed by atoms with Crippen molar-refractivity contribution in [1.82, 2.24) is 0 Å². The fourth-order valence-corrected chi connectivity index (χ4v) is 8.45. The van der Waals surface area contributed by atoms with E-state index in [-0.39, 0.29) is 0 Å². The van der Waals surface area contributed by atoms with E-state index in [1.54, 1.807) is 0 Å². The molecule has 0 aliphatic carbocycles. The predicted octanol–water partition coefficient (Wildman–Crippen LogP) is 4.66. The van der Waals surface area contributed by atoms with Crippen molar-refractivity contribution in [3.63, 3.8) is 0 Å². The fraction of sp³-hybridized carbons (Fsp3) is 1.00. The molecule has 0 N–H and O–H groups in total. The Balaban J connectivity index is 3.99. The van der Waals surface area contributed by atoms with Crippen LogP contribution in [0.3, 0.4) is 0 Å². The molecule has 144 valence electrons. The second-order valence-corrected chi connectivity index (χ2v) is 12.6. The van der Waals surface area contributed by atoms with E-state index in [9.17, 15) is 52.7 Å². The Bertz CT molecular complexity index is 405. The zero-order chi connectivity index (χ0) is 19.6. The van der Waals surface area contributed by atoms with Crippen LogP contribution in [-0.4, -0.2) is 58.5 Å². The molecule has 0 aromatic rings. The summed E-state index contributed by atoms with van der Waals surface area (Å²) >= 11 is -5.44. The molecule has 1 aliphatic rings. The van der Waals surface area contributed by atoms with Crippen LogP contribution in [0.25, 0.3) is 0 Å². The van der Waals surface area contributed by atoms with Crippen molar-refractivity contribution in [2.24, 2.45) is 0 Å². The zero-order valence-electron chi connectivity index (χ0n) is 11.4. The minimum absolute atomic E-state index is 0.818. The van der Waals surface area contributed by atoms with Gasteiger partial charge in [-0.2, -0.15) is 0 Å². The topological polar surface area (TPSA) is 18.5 Å². The van der Waals surface area contributed by atoms with Gasteiger partial charge in [0.25, 0.3) is 0 Å². The second-order valence-electron chi connectivity index (χ2n) is 4.92. The molecule has 1 aliphatic heterocycles. The van der Waals surface area contributed by atoms with Crippen LogP contribution in [0, 0.1) is 0 Å². The molecule has 1 fully saturated rings. The molecule has 0 amide bonds. The van der Waals surface area contributed by atoms with Crippen LogP contribution in [-0.2, 0) is 5.63 Å². The van der Waals surface area contributed by atoms with Crippen molar-refractivity contribution in [2.45, 2.75) is 53.4 Å². The van der Waals surface area contributed by atoms with Crippen LogP contribution in [0.1, 0.15) is 13.8 Å². The van der Waals surface area contributed by atoms with Gasteiger partial charge in [-0.3, -0.25) is 0 Å². The summed E-state index contributed by atoms with van der Waals surface area (Å²) in [4.78, 5) is 0. The van der Waals surface area contributed by atoms with E-state index in [1.807, 2.05) is 0 Å². The molecule has 0 saturated carbocycles. The normalized spacial score (nSPS) is 23.1. The molecule has 24 heavy (non-hydrogen) atoms. The van der Waals surface area contributed by atoms with E-state index in [2.05, 4.69) is 5.63 Å². The van der Waals surface area contributed by atoms with Gasteiger partial charge in [0.2, 0.25) is 0 Å². The van der Waals surface area contributed by atoms with Crippen molar-refractivity contribution in [1.29, 1.82) is 0 Å². The molecule has 0 bridgehead atoms. The minimum atomic E-state index is -7.09. The van der Waals surface area contributed by atoms with Gasteiger partial charge in [0.1, 0.15) is 0 Å². The first-order chi connectivity index (χ1) is 10.3. The summed E-state index contributed by atoms with van der Waals surface area (Å²) in [6, 6.07) is 0. The number of hydrogen-bond donors (Lipinski definition) is 0. The van der Waals surface area contributed by atoms with Gasteiger partial charge in [-0.05, 0) is 0 Å². The zero-order valence-corrected chi connectivity index (χ0v) is 14.9. The van der Waals surface area contributed by atoms with Gasteiger partial charge in [0.15, 0.2) is 0 Å². The van der Waals surface area contributed by atoms with Crippen LogP contribution in [0.15, 0.2) is 0 Å². The van der Waals surface area contributed by atoms with Gasteiger partial charge >= 0.3 is 134 Å². The molecule has 1 rings (SSSR count). The van der Waals surface area contributed by atoms with E-state index in [1.165, 1.54) is 0 Å². The number of rotatable bonds is 1. The van der Waals surface area contributed by atoms with Crippen molar-refractivity contribution in [2.75, 3.05) is 0 Å². The SMILES string of the molecule is C[CH](C)[Bi]1[O]C(C(F)(F)F)(C(F)(F)F)C(C(F)(F)F)(C(F)(F)F)[O]1. The monoisotopic (exact) mass is 584 g/mol. The summed E-state index contributed by atoms with van der Waals surface area (Å²) in [6.07, 6.45) is -28.4. The Hall–Kier alpha value is -0.0369. The standard InChI is InChI=1S/C6F12O2.C3H7.Bi/c7-3(8,9)1(19,4(10,11)12)2(20,5(13,14)15)6(16,17)18;1-3-2;/h;3H,1-2H3;/q-2;;+2. The molecule has 0 unspecified atom stereocenters. The molecule has 0 radical (unpaired) electrons. The number of hydrogen-bond acceptors (Lipinski definition) is 2. The summed E-state index contributed by atoms with van der Waals surface area (Å²) in [5.41, 5.74) is -13.2. The van der Waals surface area contributed by atoms with Crippen LogP contribution in [0.4, 0.5) is 52.7 Å².